The van der Waals surface area contributed by atoms with Gasteiger partial charge in [-0.2, -0.15) is 0 Å². The monoisotopic (exact) mass is 241 g/mol. The average molecular weight is 241 g/mol. The van der Waals surface area contributed by atoms with Crippen LogP contribution < -0.4 is 5.73 Å². The zero-order chi connectivity index (χ0) is 13.1. The third-order valence-electron chi connectivity index (χ3n) is 2.75. The molecule has 0 atom stereocenters. The number of unbranched alkanes of at least 4 members (excludes halogenated alkanes) is 3. The number of carbonyl (C=O) groups excluding carboxylic acids is 1. The number of hydrogen-bond donors (Lipinski definition) is 1. The molecule has 0 aliphatic rings. The molecule has 0 aliphatic heterocycles. The Morgan fingerprint density at radius 2 is 1.76 bits per heavy atom. The average Bonchev–Trinajstić information content (AvgIpc) is 2.34. The second kappa shape index (κ2) is 10.2. The van der Waals surface area contributed by atoms with Crippen LogP contribution in [-0.4, -0.2) is 12.6 Å². The van der Waals surface area contributed by atoms with E-state index in [9.17, 15) is 4.79 Å². The molecule has 0 heterocycles. The van der Waals surface area contributed by atoms with E-state index in [0.29, 0.717) is 30.7 Å². The van der Waals surface area contributed by atoms with Crippen LogP contribution in [0, 0.1) is 0 Å². The molecule has 2 N–H and O–H groups in total. The normalized spacial score (nSPS) is 12.2. The van der Waals surface area contributed by atoms with Gasteiger partial charge in [0, 0.05) is 5.70 Å². The van der Waals surface area contributed by atoms with Gasteiger partial charge in [0.25, 0.3) is 0 Å². The van der Waals surface area contributed by atoms with E-state index >= 15 is 0 Å². The molecule has 0 aromatic carbocycles. The highest BCUT2D eigenvalue weighted by Crippen LogP contribution is 2.13. The Morgan fingerprint density at radius 3 is 2.29 bits per heavy atom. The summed E-state index contributed by atoms with van der Waals surface area (Å²) in [6.07, 6.45) is 6.81. The molecular formula is C14H27NO2. The van der Waals surface area contributed by atoms with Crippen LogP contribution in [0.1, 0.15) is 65.7 Å². The van der Waals surface area contributed by atoms with Gasteiger partial charge in [0.15, 0.2) is 0 Å². The summed E-state index contributed by atoms with van der Waals surface area (Å²) in [6.45, 7) is 6.68. The van der Waals surface area contributed by atoms with Crippen LogP contribution in [0.5, 0.6) is 0 Å². The first-order valence-electron chi connectivity index (χ1n) is 6.81. The predicted molar refractivity (Wildman–Crippen MR) is 71.5 cm³/mol. The van der Waals surface area contributed by atoms with E-state index in [2.05, 4.69) is 6.92 Å². The quantitative estimate of drug-likeness (QED) is 0.381. The smallest absolute Gasteiger partial charge is 0.335 e. The molecule has 0 rings (SSSR count). The molecule has 0 saturated heterocycles. The summed E-state index contributed by atoms with van der Waals surface area (Å²) >= 11 is 0. The van der Waals surface area contributed by atoms with E-state index in [0.717, 1.165) is 19.3 Å². The first-order chi connectivity index (χ1) is 8.17. The molecule has 3 nitrogen and oxygen atoms in total. The molecule has 100 valence electrons. The Bertz CT molecular complexity index is 247. The zero-order valence-electron chi connectivity index (χ0n) is 11.6. The summed E-state index contributed by atoms with van der Waals surface area (Å²) in [6, 6.07) is 0. The number of rotatable bonds is 9. The van der Waals surface area contributed by atoms with E-state index < -0.39 is 0 Å². The van der Waals surface area contributed by atoms with E-state index in [-0.39, 0.29) is 5.97 Å². The Morgan fingerprint density at radius 1 is 1.06 bits per heavy atom. The van der Waals surface area contributed by atoms with Crippen LogP contribution in [0.2, 0.25) is 0 Å². The number of nitrogens with two attached hydrogens (primary N) is 1. The van der Waals surface area contributed by atoms with Crippen molar-refractivity contribution in [2.24, 2.45) is 5.73 Å². The van der Waals surface area contributed by atoms with Crippen molar-refractivity contribution in [1.29, 1.82) is 0 Å². The summed E-state index contributed by atoms with van der Waals surface area (Å²) in [7, 11) is 0. The van der Waals surface area contributed by atoms with Gasteiger partial charge in [0.1, 0.15) is 0 Å². The van der Waals surface area contributed by atoms with Gasteiger partial charge < -0.3 is 10.5 Å². The molecule has 0 aromatic rings. The second-order valence-electron chi connectivity index (χ2n) is 4.30. The highest BCUT2D eigenvalue weighted by atomic mass is 16.5. The lowest BCUT2D eigenvalue weighted by Crippen LogP contribution is -2.14. The topological polar surface area (TPSA) is 52.3 Å². The van der Waals surface area contributed by atoms with Gasteiger partial charge >= 0.3 is 5.97 Å². The lowest BCUT2D eigenvalue weighted by Gasteiger charge is -2.10. The minimum Gasteiger partial charge on any atom is -0.462 e. The van der Waals surface area contributed by atoms with Crippen molar-refractivity contribution in [3.8, 4) is 0 Å². The van der Waals surface area contributed by atoms with Crippen LogP contribution in [-0.2, 0) is 9.53 Å². The minimum absolute atomic E-state index is 0.220. The van der Waals surface area contributed by atoms with Crippen LogP contribution in [0.25, 0.3) is 0 Å². The molecule has 0 unspecified atom stereocenters. The zero-order valence-corrected chi connectivity index (χ0v) is 11.6. The van der Waals surface area contributed by atoms with Crippen molar-refractivity contribution in [3.05, 3.63) is 11.3 Å². The summed E-state index contributed by atoms with van der Waals surface area (Å²) in [4.78, 5) is 11.8. The summed E-state index contributed by atoms with van der Waals surface area (Å²) in [5.74, 6) is -0.220. The second-order valence-corrected chi connectivity index (χ2v) is 4.30. The molecule has 17 heavy (non-hydrogen) atoms. The maximum Gasteiger partial charge on any atom is 0.335 e. The first-order valence-corrected chi connectivity index (χ1v) is 6.81. The molecule has 0 radical (unpaired) electrons. The fourth-order valence-electron chi connectivity index (χ4n) is 1.64. The minimum atomic E-state index is -0.220. The Balaban J connectivity index is 4.08. The van der Waals surface area contributed by atoms with E-state index in [1.165, 1.54) is 12.8 Å². The molecule has 0 bridgehead atoms. The van der Waals surface area contributed by atoms with Crippen molar-refractivity contribution in [3.63, 3.8) is 0 Å². The van der Waals surface area contributed by atoms with Crippen molar-refractivity contribution in [1.82, 2.24) is 0 Å². The molecule has 0 aromatic heterocycles. The summed E-state index contributed by atoms with van der Waals surface area (Å²) in [5.41, 5.74) is 7.18. The molecule has 0 spiro atoms. The number of carbonyl (C=O) groups is 1. The lowest BCUT2D eigenvalue weighted by atomic mass is 10.1. The van der Waals surface area contributed by atoms with E-state index in [1.807, 2.05) is 13.8 Å². The maximum absolute atomic E-state index is 11.8. The fourth-order valence-corrected chi connectivity index (χ4v) is 1.64. The highest BCUT2D eigenvalue weighted by molar-refractivity contribution is 5.89. The van der Waals surface area contributed by atoms with E-state index in [1.54, 1.807) is 0 Å². The van der Waals surface area contributed by atoms with Gasteiger partial charge in [-0.25, -0.2) is 4.79 Å². The number of allylic oxidation sites excluding steroid dienone is 1. The van der Waals surface area contributed by atoms with Gasteiger partial charge in [-0.05, 0) is 19.3 Å². The van der Waals surface area contributed by atoms with Crippen LogP contribution >= 0.6 is 0 Å². The van der Waals surface area contributed by atoms with Gasteiger partial charge in [-0.15, -0.1) is 0 Å². The van der Waals surface area contributed by atoms with Crippen LogP contribution in [0.4, 0.5) is 0 Å². The molecule has 0 amide bonds. The highest BCUT2D eigenvalue weighted by Gasteiger charge is 2.13. The Kier molecular flexibility index (Phi) is 9.59. The molecular weight excluding hydrogens is 214 g/mol. The maximum atomic E-state index is 11.8. The van der Waals surface area contributed by atoms with Crippen molar-refractivity contribution in [2.75, 3.05) is 6.61 Å². The van der Waals surface area contributed by atoms with Gasteiger partial charge in [0.05, 0.1) is 12.2 Å². The molecule has 0 saturated carbocycles. The lowest BCUT2D eigenvalue weighted by molar-refractivity contribution is -0.139. The first kappa shape index (κ1) is 16.0. The van der Waals surface area contributed by atoms with Crippen LogP contribution in [0.15, 0.2) is 11.3 Å². The summed E-state index contributed by atoms with van der Waals surface area (Å²) in [5, 5.41) is 0. The standard InChI is InChI=1S/C14H27NO2/c1-4-7-8-9-11-17-14(16)12(10-5-2)13(15)6-3/h4-11,15H2,1-3H3/b13-12-. The third-order valence-corrected chi connectivity index (χ3v) is 2.75. The molecule has 3 heteroatoms. The number of esters is 1. The fraction of sp³-hybridized carbons (Fsp3) is 0.786. The van der Waals surface area contributed by atoms with Crippen molar-refractivity contribution >= 4 is 5.97 Å². The third kappa shape index (κ3) is 7.03. The number of hydrogen-bond acceptors (Lipinski definition) is 3. The summed E-state index contributed by atoms with van der Waals surface area (Å²) < 4.78 is 5.25. The van der Waals surface area contributed by atoms with Crippen molar-refractivity contribution in [2.45, 2.75) is 65.7 Å². The molecule has 0 aliphatic carbocycles. The van der Waals surface area contributed by atoms with Crippen LogP contribution in [0.3, 0.4) is 0 Å². The van der Waals surface area contributed by atoms with Gasteiger partial charge in [-0.1, -0.05) is 46.5 Å². The van der Waals surface area contributed by atoms with E-state index in [4.69, 9.17) is 10.5 Å². The van der Waals surface area contributed by atoms with Gasteiger partial charge in [-0.3, -0.25) is 0 Å². The largest absolute Gasteiger partial charge is 0.462 e. The Hall–Kier alpha value is -0.990. The van der Waals surface area contributed by atoms with Crippen molar-refractivity contribution < 1.29 is 9.53 Å². The Labute approximate surface area is 105 Å². The number of ether oxygens (including phenoxy) is 1. The predicted octanol–water partition coefficient (Wildman–Crippen LogP) is 3.53. The SMILES string of the molecule is CCCCCCOC(=O)/C(CCC)=C(\N)CC. The molecule has 0 fully saturated rings. The van der Waals surface area contributed by atoms with Gasteiger partial charge in [0.2, 0.25) is 0 Å².